The largest absolute Gasteiger partial charge is 0.140 e. The Balaban J connectivity index is 2.70. The summed E-state index contributed by atoms with van der Waals surface area (Å²) in [6.45, 7) is 6.57. The number of hydrogen-bond donors (Lipinski definition) is 0. The van der Waals surface area contributed by atoms with Crippen LogP contribution in [0, 0.1) is 13.8 Å². The fourth-order valence-corrected chi connectivity index (χ4v) is 2.62. The molecule has 0 nitrogen and oxygen atoms in total. The minimum Gasteiger partial charge on any atom is -0.140 e. The Bertz CT molecular complexity index is 399. The van der Waals surface area contributed by atoms with Crippen molar-refractivity contribution in [3.63, 3.8) is 0 Å². The van der Waals surface area contributed by atoms with E-state index in [1.807, 2.05) is 11.3 Å². The van der Waals surface area contributed by atoms with Crippen LogP contribution in [-0.4, -0.2) is 0 Å². The van der Waals surface area contributed by atoms with Crippen LogP contribution in [-0.2, 0) is 6.42 Å². The zero-order valence-electron chi connectivity index (χ0n) is 8.35. The van der Waals surface area contributed by atoms with Crippen molar-refractivity contribution in [2.45, 2.75) is 27.2 Å². The standard InChI is InChI=1S/C12H14S/c1-4-11-7-10-5-8(2)9(3)6-12(10)13-11/h5-7H,4H2,1-3H3. The van der Waals surface area contributed by atoms with Crippen molar-refractivity contribution < 1.29 is 0 Å². The van der Waals surface area contributed by atoms with Gasteiger partial charge in [-0.3, -0.25) is 0 Å². The topological polar surface area (TPSA) is 0 Å². The highest BCUT2D eigenvalue weighted by Crippen LogP contribution is 2.28. The first-order valence-electron chi connectivity index (χ1n) is 4.70. The van der Waals surface area contributed by atoms with Crippen LogP contribution in [0.2, 0.25) is 0 Å². The van der Waals surface area contributed by atoms with Crippen molar-refractivity contribution in [1.29, 1.82) is 0 Å². The van der Waals surface area contributed by atoms with Crippen molar-refractivity contribution in [2.75, 3.05) is 0 Å². The van der Waals surface area contributed by atoms with Crippen molar-refractivity contribution in [3.8, 4) is 0 Å². The van der Waals surface area contributed by atoms with Crippen LogP contribution in [0.4, 0.5) is 0 Å². The molecule has 0 aliphatic heterocycles. The highest BCUT2D eigenvalue weighted by Gasteiger charge is 2.01. The summed E-state index contributed by atoms with van der Waals surface area (Å²) >= 11 is 1.92. The van der Waals surface area contributed by atoms with E-state index >= 15 is 0 Å². The van der Waals surface area contributed by atoms with Gasteiger partial charge in [-0.2, -0.15) is 0 Å². The van der Waals surface area contributed by atoms with Crippen LogP contribution in [0.5, 0.6) is 0 Å². The van der Waals surface area contributed by atoms with Gasteiger partial charge in [0, 0.05) is 9.58 Å². The van der Waals surface area contributed by atoms with E-state index in [9.17, 15) is 0 Å². The number of hydrogen-bond acceptors (Lipinski definition) is 1. The maximum atomic E-state index is 2.31. The van der Waals surface area contributed by atoms with Crippen LogP contribution in [0.3, 0.4) is 0 Å². The second kappa shape index (κ2) is 3.15. The van der Waals surface area contributed by atoms with Crippen LogP contribution in [0.1, 0.15) is 22.9 Å². The predicted octanol–water partition coefficient (Wildman–Crippen LogP) is 4.08. The highest BCUT2D eigenvalue weighted by molar-refractivity contribution is 7.19. The van der Waals surface area contributed by atoms with Crippen LogP contribution >= 0.6 is 11.3 Å². The molecule has 0 N–H and O–H groups in total. The second-order valence-electron chi connectivity index (χ2n) is 3.54. The van der Waals surface area contributed by atoms with E-state index in [0.717, 1.165) is 6.42 Å². The molecular formula is C12H14S. The number of aryl methyl sites for hydroxylation is 3. The summed E-state index contributed by atoms with van der Waals surface area (Å²) in [5, 5.41) is 1.41. The molecule has 2 aromatic rings. The fraction of sp³-hybridized carbons (Fsp3) is 0.333. The van der Waals surface area contributed by atoms with E-state index < -0.39 is 0 Å². The molecule has 0 aliphatic rings. The number of rotatable bonds is 1. The van der Waals surface area contributed by atoms with Gasteiger partial charge in [-0.15, -0.1) is 11.3 Å². The molecular weight excluding hydrogens is 176 g/mol. The lowest BCUT2D eigenvalue weighted by molar-refractivity contribution is 1.19. The molecule has 68 valence electrons. The summed E-state index contributed by atoms with van der Waals surface area (Å²) in [6.07, 6.45) is 1.15. The van der Waals surface area contributed by atoms with Crippen LogP contribution < -0.4 is 0 Å². The minimum atomic E-state index is 1.15. The third-order valence-electron chi connectivity index (χ3n) is 2.53. The third-order valence-corrected chi connectivity index (χ3v) is 3.77. The minimum absolute atomic E-state index is 1.15. The fourth-order valence-electron chi connectivity index (χ4n) is 1.53. The summed E-state index contributed by atoms with van der Waals surface area (Å²) in [6, 6.07) is 6.90. The summed E-state index contributed by atoms with van der Waals surface area (Å²) < 4.78 is 1.43. The number of benzene rings is 1. The van der Waals surface area contributed by atoms with Crippen molar-refractivity contribution >= 4 is 21.4 Å². The van der Waals surface area contributed by atoms with Gasteiger partial charge >= 0.3 is 0 Å². The van der Waals surface area contributed by atoms with Crippen molar-refractivity contribution in [2.24, 2.45) is 0 Å². The summed E-state index contributed by atoms with van der Waals surface area (Å²) in [5.41, 5.74) is 2.80. The molecule has 0 aliphatic carbocycles. The Morgan fingerprint density at radius 2 is 1.77 bits per heavy atom. The molecule has 1 aromatic heterocycles. The Kier molecular flexibility index (Phi) is 2.12. The Labute approximate surface area is 83.2 Å². The molecule has 0 amide bonds. The molecule has 13 heavy (non-hydrogen) atoms. The molecule has 0 spiro atoms. The molecule has 0 bridgehead atoms. The van der Waals surface area contributed by atoms with Gasteiger partial charge < -0.3 is 0 Å². The average Bonchev–Trinajstić information content (AvgIpc) is 2.48. The molecule has 0 atom stereocenters. The van der Waals surface area contributed by atoms with Gasteiger partial charge in [0.25, 0.3) is 0 Å². The second-order valence-corrected chi connectivity index (χ2v) is 4.71. The van der Waals surface area contributed by atoms with E-state index in [2.05, 4.69) is 39.0 Å². The Morgan fingerprint density at radius 1 is 1.08 bits per heavy atom. The normalized spacial score (nSPS) is 11.0. The average molecular weight is 190 g/mol. The number of fused-ring (bicyclic) bond motifs is 1. The van der Waals surface area contributed by atoms with Crippen molar-refractivity contribution in [1.82, 2.24) is 0 Å². The zero-order chi connectivity index (χ0) is 9.42. The highest BCUT2D eigenvalue weighted by atomic mass is 32.1. The lowest BCUT2D eigenvalue weighted by Gasteiger charge is -1.98. The summed E-state index contributed by atoms with van der Waals surface area (Å²) in [5.74, 6) is 0. The molecule has 1 heterocycles. The van der Waals surface area contributed by atoms with E-state index in [1.165, 1.54) is 26.1 Å². The van der Waals surface area contributed by atoms with Gasteiger partial charge in [0.15, 0.2) is 0 Å². The van der Waals surface area contributed by atoms with E-state index in [1.54, 1.807) is 0 Å². The first kappa shape index (κ1) is 8.76. The van der Waals surface area contributed by atoms with Gasteiger partial charge in [-0.05, 0) is 48.9 Å². The molecule has 0 fully saturated rings. The molecule has 0 unspecified atom stereocenters. The van der Waals surface area contributed by atoms with Crippen LogP contribution in [0.15, 0.2) is 18.2 Å². The lowest BCUT2D eigenvalue weighted by atomic mass is 10.1. The third kappa shape index (κ3) is 1.49. The molecule has 0 radical (unpaired) electrons. The SMILES string of the molecule is CCc1cc2cc(C)c(C)cc2s1. The maximum Gasteiger partial charge on any atom is 0.0348 e. The molecule has 1 heteroatoms. The maximum absolute atomic E-state index is 2.31. The number of thiophene rings is 1. The van der Waals surface area contributed by atoms with Gasteiger partial charge in [-0.1, -0.05) is 13.0 Å². The van der Waals surface area contributed by atoms with E-state index in [-0.39, 0.29) is 0 Å². The van der Waals surface area contributed by atoms with Gasteiger partial charge in [0.2, 0.25) is 0 Å². The molecule has 2 rings (SSSR count). The van der Waals surface area contributed by atoms with E-state index in [4.69, 9.17) is 0 Å². The first-order valence-corrected chi connectivity index (χ1v) is 5.52. The molecule has 0 saturated carbocycles. The van der Waals surface area contributed by atoms with Gasteiger partial charge in [0.1, 0.15) is 0 Å². The zero-order valence-corrected chi connectivity index (χ0v) is 9.16. The smallest absolute Gasteiger partial charge is 0.0348 e. The quantitative estimate of drug-likeness (QED) is 0.635. The predicted molar refractivity (Wildman–Crippen MR) is 60.7 cm³/mol. The molecule has 0 saturated heterocycles. The van der Waals surface area contributed by atoms with Gasteiger partial charge in [-0.25, -0.2) is 0 Å². The summed E-state index contributed by atoms with van der Waals surface area (Å²) in [4.78, 5) is 1.49. The lowest BCUT2D eigenvalue weighted by Crippen LogP contribution is -1.77. The monoisotopic (exact) mass is 190 g/mol. The first-order chi connectivity index (χ1) is 6.20. The summed E-state index contributed by atoms with van der Waals surface area (Å²) in [7, 11) is 0. The van der Waals surface area contributed by atoms with Crippen LogP contribution in [0.25, 0.3) is 10.1 Å². The van der Waals surface area contributed by atoms with E-state index in [0.29, 0.717) is 0 Å². The Morgan fingerprint density at radius 3 is 2.46 bits per heavy atom. The Hall–Kier alpha value is -0.820. The molecule has 1 aromatic carbocycles. The van der Waals surface area contributed by atoms with Gasteiger partial charge in [0.05, 0.1) is 0 Å². The van der Waals surface area contributed by atoms with Crippen molar-refractivity contribution in [3.05, 3.63) is 34.2 Å².